The van der Waals surface area contributed by atoms with Crippen molar-refractivity contribution in [3.8, 4) is 0 Å². The van der Waals surface area contributed by atoms with Gasteiger partial charge >= 0.3 is 0 Å². The zero-order valence-electron chi connectivity index (χ0n) is 19.7. The molecule has 0 aliphatic carbocycles. The second-order valence-electron chi connectivity index (χ2n) is 8.64. The predicted molar refractivity (Wildman–Crippen MR) is 141 cm³/mol. The van der Waals surface area contributed by atoms with Gasteiger partial charge < -0.3 is 15.5 Å². The van der Waals surface area contributed by atoms with Gasteiger partial charge in [0.2, 0.25) is 5.91 Å². The highest BCUT2D eigenvalue weighted by Crippen LogP contribution is 2.25. The molecule has 176 valence electrons. The van der Waals surface area contributed by atoms with Gasteiger partial charge in [-0.2, -0.15) is 0 Å². The summed E-state index contributed by atoms with van der Waals surface area (Å²) in [6.45, 7) is 16.8. The van der Waals surface area contributed by atoms with Crippen molar-refractivity contribution in [3.05, 3.63) is 78.0 Å². The van der Waals surface area contributed by atoms with Crippen molar-refractivity contribution in [2.24, 2.45) is 5.92 Å². The highest BCUT2D eigenvalue weighted by molar-refractivity contribution is 6.30. The molecule has 3 rings (SSSR count). The number of rotatable bonds is 11. The van der Waals surface area contributed by atoms with E-state index in [1.165, 1.54) is 0 Å². The van der Waals surface area contributed by atoms with Crippen LogP contribution in [0.4, 0.5) is 11.4 Å². The summed E-state index contributed by atoms with van der Waals surface area (Å²) in [5, 5.41) is 7.13. The summed E-state index contributed by atoms with van der Waals surface area (Å²) in [6, 6.07) is 16.1. The Morgan fingerprint density at radius 1 is 1.21 bits per heavy atom. The lowest BCUT2D eigenvalue weighted by molar-refractivity contribution is -0.121. The molecule has 2 aromatic rings. The number of halogens is 1. The van der Waals surface area contributed by atoms with Crippen molar-refractivity contribution < 1.29 is 4.79 Å². The number of allylic oxidation sites excluding steroid dienone is 1. The van der Waals surface area contributed by atoms with Gasteiger partial charge in [-0.1, -0.05) is 48.5 Å². The number of amides is 1. The molecule has 1 heterocycles. The number of nitrogens with zero attached hydrogens (tertiary/aromatic N) is 2. The molecule has 0 saturated carbocycles. The standard InChI is InChI=1S/C27H35ClN4O/c1-5-32(26-11-9-22(10-12-26)20(2)3)16-14-29-27(33)19-31-15-13-23(18-31)21(4)30-25-8-6-7-24(28)17-25/h6-12,17,23,30H,2,4-5,13-16,18-19H2,1,3H3,(H,29,33). The number of carbonyl (C=O) groups is 1. The summed E-state index contributed by atoms with van der Waals surface area (Å²) >= 11 is 6.06. The highest BCUT2D eigenvalue weighted by atomic mass is 35.5. The van der Waals surface area contributed by atoms with Crippen molar-refractivity contribution >= 4 is 34.5 Å². The first-order valence-electron chi connectivity index (χ1n) is 11.6. The highest BCUT2D eigenvalue weighted by Gasteiger charge is 2.26. The van der Waals surface area contributed by atoms with Crippen LogP contribution in [0.25, 0.3) is 5.57 Å². The van der Waals surface area contributed by atoms with E-state index in [9.17, 15) is 4.79 Å². The zero-order chi connectivity index (χ0) is 23.8. The van der Waals surface area contributed by atoms with Crippen LogP contribution in [0.15, 0.2) is 67.4 Å². The number of benzene rings is 2. The van der Waals surface area contributed by atoms with Gasteiger partial charge in [0.25, 0.3) is 0 Å². The Kier molecular flexibility index (Phi) is 8.98. The first-order valence-corrected chi connectivity index (χ1v) is 11.9. The SMILES string of the molecule is C=C(C)c1ccc(N(CC)CCNC(=O)CN2CCC(C(=C)Nc3cccc(Cl)c3)C2)cc1. The van der Waals surface area contributed by atoms with E-state index in [1.54, 1.807) is 0 Å². The van der Waals surface area contributed by atoms with Crippen LogP contribution in [-0.4, -0.2) is 50.1 Å². The second kappa shape index (κ2) is 11.9. The topological polar surface area (TPSA) is 47.6 Å². The molecule has 1 saturated heterocycles. The summed E-state index contributed by atoms with van der Waals surface area (Å²) < 4.78 is 0. The van der Waals surface area contributed by atoms with Crippen molar-refractivity contribution in [1.82, 2.24) is 10.2 Å². The van der Waals surface area contributed by atoms with Crippen LogP contribution in [-0.2, 0) is 4.79 Å². The Bertz CT molecular complexity index is 972. The average molecular weight is 467 g/mol. The molecule has 1 aliphatic heterocycles. The zero-order valence-corrected chi connectivity index (χ0v) is 20.5. The molecule has 5 nitrogen and oxygen atoms in total. The molecular formula is C27H35ClN4O. The minimum absolute atomic E-state index is 0.0674. The maximum atomic E-state index is 12.5. The van der Waals surface area contributed by atoms with Gasteiger partial charge in [0.15, 0.2) is 0 Å². The summed E-state index contributed by atoms with van der Waals surface area (Å²) in [5.41, 5.74) is 5.28. The maximum absolute atomic E-state index is 12.5. The molecular weight excluding hydrogens is 432 g/mol. The summed E-state index contributed by atoms with van der Waals surface area (Å²) in [4.78, 5) is 17.0. The monoisotopic (exact) mass is 466 g/mol. The Balaban J connectivity index is 1.39. The molecule has 2 aromatic carbocycles. The van der Waals surface area contributed by atoms with Gasteiger partial charge in [-0.25, -0.2) is 0 Å². The number of anilines is 2. The average Bonchev–Trinajstić information content (AvgIpc) is 3.25. The fourth-order valence-electron chi connectivity index (χ4n) is 4.13. The Labute approximate surface area is 203 Å². The van der Waals surface area contributed by atoms with Gasteiger partial charge in [-0.05, 0) is 62.7 Å². The molecule has 1 atom stereocenters. The van der Waals surface area contributed by atoms with E-state index in [4.69, 9.17) is 11.6 Å². The fraction of sp³-hybridized carbons (Fsp3) is 0.370. The molecule has 33 heavy (non-hydrogen) atoms. The van der Waals surface area contributed by atoms with Crippen LogP contribution in [0, 0.1) is 5.92 Å². The summed E-state index contributed by atoms with van der Waals surface area (Å²) in [7, 11) is 0. The van der Waals surface area contributed by atoms with Crippen LogP contribution in [0.2, 0.25) is 5.02 Å². The number of likely N-dealkylation sites (N-methyl/N-ethyl adjacent to an activating group) is 1. The normalized spacial score (nSPS) is 15.8. The third kappa shape index (κ3) is 7.37. The molecule has 0 spiro atoms. The molecule has 0 aromatic heterocycles. The van der Waals surface area contributed by atoms with E-state index in [2.05, 4.69) is 64.8 Å². The third-order valence-electron chi connectivity index (χ3n) is 6.07. The van der Waals surface area contributed by atoms with E-state index in [1.807, 2.05) is 31.2 Å². The minimum atomic E-state index is 0.0674. The van der Waals surface area contributed by atoms with Gasteiger partial charge in [-0.15, -0.1) is 0 Å². The van der Waals surface area contributed by atoms with Crippen LogP contribution in [0.1, 0.15) is 25.8 Å². The summed E-state index contributed by atoms with van der Waals surface area (Å²) in [6.07, 6.45) is 0.990. The Morgan fingerprint density at radius 2 is 1.97 bits per heavy atom. The van der Waals surface area contributed by atoms with Gasteiger partial charge in [0.05, 0.1) is 6.54 Å². The molecule has 0 bridgehead atoms. The van der Waals surface area contributed by atoms with Gasteiger partial charge in [-0.3, -0.25) is 9.69 Å². The lowest BCUT2D eigenvalue weighted by atomic mass is 10.1. The number of carbonyl (C=O) groups excluding carboxylic acids is 1. The van der Waals surface area contributed by atoms with Crippen LogP contribution < -0.4 is 15.5 Å². The van der Waals surface area contributed by atoms with Gasteiger partial charge in [0.1, 0.15) is 0 Å². The number of nitrogens with one attached hydrogen (secondary N) is 2. The largest absolute Gasteiger partial charge is 0.370 e. The van der Waals surface area contributed by atoms with E-state index in [0.717, 1.165) is 60.8 Å². The van der Waals surface area contributed by atoms with Crippen molar-refractivity contribution in [2.45, 2.75) is 20.3 Å². The predicted octanol–water partition coefficient (Wildman–Crippen LogP) is 5.26. The Morgan fingerprint density at radius 3 is 2.64 bits per heavy atom. The lowest BCUT2D eigenvalue weighted by Gasteiger charge is -2.24. The number of hydrogen-bond acceptors (Lipinski definition) is 4. The first-order chi connectivity index (χ1) is 15.9. The molecule has 2 N–H and O–H groups in total. The first kappa shape index (κ1) is 24.9. The smallest absolute Gasteiger partial charge is 0.234 e. The van der Waals surface area contributed by atoms with Crippen molar-refractivity contribution in [2.75, 3.05) is 49.5 Å². The van der Waals surface area contributed by atoms with E-state index in [-0.39, 0.29) is 5.91 Å². The van der Waals surface area contributed by atoms with Crippen molar-refractivity contribution in [1.29, 1.82) is 0 Å². The van der Waals surface area contributed by atoms with E-state index in [0.29, 0.717) is 24.0 Å². The third-order valence-corrected chi connectivity index (χ3v) is 6.31. The number of likely N-dealkylation sites (tertiary alicyclic amines) is 1. The second-order valence-corrected chi connectivity index (χ2v) is 9.07. The van der Waals surface area contributed by atoms with E-state index >= 15 is 0 Å². The molecule has 0 radical (unpaired) electrons. The summed E-state index contributed by atoms with van der Waals surface area (Å²) in [5.74, 6) is 0.382. The molecule has 6 heteroatoms. The quantitative estimate of drug-likeness (QED) is 0.474. The number of hydrogen-bond donors (Lipinski definition) is 2. The molecule has 1 amide bonds. The van der Waals surface area contributed by atoms with Crippen LogP contribution >= 0.6 is 11.6 Å². The molecule has 1 fully saturated rings. The minimum Gasteiger partial charge on any atom is -0.370 e. The lowest BCUT2D eigenvalue weighted by Crippen LogP contribution is -2.40. The van der Waals surface area contributed by atoms with E-state index < -0.39 is 0 Å². The van der Waals surface area contributed by atoms with Gasteiger partial charge in [0, 0.05) is 54.2 Å². The van der Waals surface area contributed by atoms with Crippen molar-refractivity contribution in [3.63, 3.8) is 0 Å². The molecule has 1 aliphatic rings. The maximum Gasteiger partial charge on any atom is 0.234 e. The fourth-order valence-corrected chi connectivity index (χ4v) is 4.32. The van der Waals surface area contributed by atoms with Crippen LogP contribution in [0.3, 0.4) is 0 Å². The molecule has 1 unspecified atom stereocenters. The van der Waals surface area contributed by atoms with Crippen LogP contribution in [0.5, 0.6) is 0 Å². The Hall–Kier alpha value is -2.76.